The number of piperazine rings is 1. The molecule has 28 heavy (non-hydrogen) atoms. The normalized spacial score (nSPS) is 14.5. The predicted octanol–water partition coefficient (Wildman–Crippen LogP) is 1.71. The van der Waals surface area contributed by atoms with Crippen molar-refractivity contribution in [2.24, 2.45) is 7.05 Å². The Morgan fingerprint density at radius 3 is 2.68 bits per heavy atom. The average Bonchev–Trinajstić information content (AvgIpc) is 3.08. The van der Waals surface area contributed by atoms with E-state index < -0.39 is 0 Å². The summed E-state index contributed by atoms with van der Waals surface area (Å²) in [6.07, 6.45) is 3.36. The zero-order chi connectivity index (χ0) is 19.7. The van der Waals surface area contributed by atoms with Gasteiger partial charge in [-0.3, -0.25) is 9.48 Å². The van der Waals surface area contributed by atoms with Crippen molar-refractivity contribution >= 4 is 22.8 Å². The summed E-state index contributed by atoms with van der Waals surface area (Å²) in [6.45, 7) is 6.81. The number of aryl methyl sites for hydroxylation is 3. The SMILES string of the molecule is Cc1ccc(OCC(=O)N2CCN(c3ncnc4c3cnn4C)CC2)c(C)c1. The van der Waals surface area contributed by atoms with Crippen LogP contribution in [-0.4, -0.2) is 63.3 Å². The van der Waals surface area contributed by atoms with Crippen LogP contribution in [0.4, 0.5) is 5.82 Å². The summed E-state index contributed by atoms with van der Waals surface area (Å²) in [5.74, 6) is 1.64. The first-order valence-corrected chi connectivity index (χ1v) is 9.38. The highest BCUT2D eigenvalue weighted by Gasteiger charge is 2.24. The predicted molar refractivity (Wildman–Crippen MR) is 107 cm³/mol. The Bertz CT molecular complexity index is 1010. The lowest BCUT2D eigenvalue weighted by atomic mass is 10.1. The summed E-state index contributed by atoms with van der Waals surface area (Å²) in [7, 11) is 1.87. The third-order valence-corrected chi connectivity index (χ3v) is 5.12. The Kier molecular flexibility index (Phi) is 4.85. The first-order valence-electron chi connectivity index (χ1n) is 9.38. The lowest BCUT2D eigenvalue weighted by Gasteiger charge is -2.35. The number of fused-ring (bicyclic) bond motifs is 1. The summed E-state index contributed by atoms with van der Waals surface area (Å²) >= 11 is 0. The van der Waals surface area contributed by atoms with Crippen LogP contribution in [0.15, 0.2) is 30.7 Å². The van der Waals surface area contributed by atoms with E-state index in [9.17, 15) is 4.79 Å². The van der Waals surface area contributed by atoms with Gasteiger partial charge in [-0.05, 0) is 25.5 Å². The summed E-state index contributed by atoms with van der Waals surface area (Å²) in [4.78, 5) is 25.3. The van der Waals surface area contributed by atoms with Gasteiger partial charge in [0.2, 0.25) is 0 Å². The van der Waals surface area contributed by atoms with E-state index in [1.54, 1.807) is 17.2 Å². The van der Waals surface area contributed by atoms with Crippen LogP contribution in [-0.2, 0) is 11.8 Å². The van der Waals surface area contributed by atoms with Crippen LogP contribution in [0.3, 0.4) is 0 Å². The van der Waals surface area contributed by atoms with Gasteiger partial charge in [0.25, 0.3) is 5.91 Å². The lowest BCUT2D eigenvalue weighted by Crippen LogP contribution is -2.50. The molecule has 1 amide bonds. The van der Waals surface area contributed by atoms with E-state index in [1.165, 1.54) is 5.56 Å². The van der Waals surface area contributed by atoms with E-state index in [-0.39, 0.29) is 12.5 Å². The number of amides is 1. The van der Waals surface area contributed by atoms with E-state index in [2.05, 4.69) is 26.0 Å². The van der Waals surface area contributed by atoms with Crippen LogP contribution in [0.25, 0.3) is 11.0 Å². The minimum Gasteiger partial charge on any atom is -0.484 e. The van der Waals surface area contributed by atoms with Crippen molar-refractivity contribution in [3.8, 4) is 5.75 Å². The Morgan fingerprint density at radius 2 is 1.93 bits per heavy atom. The highest BCUT2D eigenvalue weighted by atomic mass is 16.5. The van der Waals surface area contributed by atoms with Crippen molar-refractivity contribution in [2.45, 2.75) is 13.8 Å². The third-order valence-electron chi connectivity index (χ3n) is 5.12. The number of rotatable bonds is 4. The summed E-state index contributed by atoms with van der Waals surface area (Å²) in [5, 5.41) is 5.20. The van der Waals surface area contributed by atoms with E-state index in [0.717, 1.165) is 41.3 Å². The number of carbonyl (C=O) groups is 1. The molecule has 1 saturated heterocycles. The van der Waals surface area contributed by atoms with Gasteiger partial charge in [0.1, 0.15) is 17.9 Å². The highest BCUT2D eigenvalue weighted by Crippen LogP contribution is 2.23. The summed E-state index contributed by atoms with van der Waals surface area (Å²) < 4.78 is 7.48. The van der Waals surface area contributed by atoms with Crippen molar-refractivity contribution < 1.29 is 9.53 Å². The van der Waals surface area contributed by atoms with Crippen molar-refractivity contribution in [2.75, 3.05) is 37.7 Å². The van der Waals surface area contributed by atoms with Gasteiger partial charge >= 0.3 is 0 Å². The molecule has 2 aromatic heterocycles. The molecule has 0 saturated carbocycles. The smallest absolute Gasteiger partial charge is 0.260 e. The second-order valence-corrected chi connectivity index (χ2v) is 7.13. The second kappa shape index (κ2) is 7.46. The Morgan fingerprint density at radius 1 is 1.14 bits per heavy atom. The molecule has 1 fully saturated rings. The number of hydrogen-bond donors (Lipinski definition) is 0. The van der Waals surface area contributed by atoms with Gasteiger partial charge < -0.3 is 14.5 Å². The standard InChI is InChI=1S/C20H24N6O2/c1-14-4-5-17(15(2)10-14)28-12-18(27)25-6-8-26(9-7-25)20-16-11-23-24(3)19(16)21-13-22-20/h4-5,10-11,13H,6-9,12H2,1-3H3. The fourth-order valence-corrected chi connectivity index (χ4v) is 3.56. The molecule has 8 nitrogen and oxygen atoms in total. The fraction of sp³-hybridized carbons (Fsp3) is 0.400. The van der Waals surface area contributed by atoms with Gasteiger partial charge in [0.05, 0.1) is 11.6 Å². The molecule has 0 bridgehead atoms. The van der Waals surface area contributed by atoms with E-state index in [0.29, 0.717) is 13.1 Å². The largest absolute Gasteiger partial charge is 0.484 e. The molecule has 0 spiro atoms. The van der Waals surface area contributed by atoms with Gasteiger partial charge in [-0.1, -0.05) is 17.7 Å². The molecule has 1 aromatic carbocycles. The minimum atomic E-state index is 0.00818. The number of anilines is 1. The van der Waals surface area contributed by atoms with Crippen LogP contribution >= 0.6 is 0 Å². The van der Waals surface area contributed by atoms with Gasteiger partial charge in [0.15, 0.2) is 12.3 Å². The van der Waals surface area contributed by atoms with Gasteiger partial charge in [-0.15, -0.1) is 0 Å². The minimum absolute atomic E-state index is 0.00818. The van der Waals surface area contributed by atoms with E-state index in [1.807, 2.05) is 37.9 Å². The average molecular weight is 380 g/mol. The van der Waals surface area contributed by atoms with Crippen molar-refractivity contribution in [3.63, 3.8) is 0 Å². The quantitative estimate of drug-likeness (QED) is 0.686. The molecular weight excluding hydrogens is 356 g/mol. The van der Waals surface area contributed by atoms with E-state index >= 15 is 0 Å². The molecule has 0 unspecified atom stereocenters. The Labute approximate surface area is 163 Å². The molecule has 0 atom stereocenters. The van der Waals surface area contributed by atoms with Crippen LogP contribution in [0, 0.1) is 13.8 Å². The number of carbonyl (C=O) groups excluding carboxylic acids is 1. The maximum Gasteiger partial charge on any atom is 0.260 e. The lowest BCUT2D eigenvalue weighted by molar-refractivity contribution is -0.133. The summed E-state index contributed by atoms with van der Waals surface area (Å²) in [5.41, 5.74) is 3.03. The number of aromatic nitrogens is 4. The zero-order valence-corrected chi connectivity index (χ0v) is 16.4. The highest BCUT2D eigenvalue weighted by molar-refractivity contribution is 5.86. The maximum atomic E-state index is 12.6. The van der Waals surface area contributed by atoms with Crippen molar-refractivity contribution in [1.82, 2.24) is 24.6 Å². The molecule has 3 aromatic rings. The van der Waals surface area contributed by atoms with E-state index in [4.69, 9.17) is 4.74 Å². The zero-order valence-electron chi connectivity index (χ0n) is 16.4. The van der Waals surface area contributed by atoms with Crippen LogP contribution < -0.4 is 9.64 Å². The molecule has 8 heteroatoms. The topological polar surface area (TPSA) is 76.4 Å². The second-order valence-electron chi connectivity index (χ2n) is 7.13. The molecule has 146 valence electrons. The van der Waals surface area contributed by atoms with Gasteiger partial charge in [0, 0.05) is 33.2 Å². The Hall–Kier alpha value is -3.16. The maximum absolute atomic E-state index is 12.6. The molecule has 4 rings (SSSR count). The van der Waals surface area contributed by atoms with Crippen molar-refractivity contribution in [3.05, 3.63) is 41.9 Å². The summed E-state index contributed by atoms with van der Waals surface area (Å²) in [6, 6.07) is 5.97. The number of nitrogens with zero attached hydrogens (tertiary/aromatic N) is 6. The number of benzene rings is 1. The molecule has 3 heterocycles. The number of hydrogen-bond acceptors (Lipinski definition) is 6. The Balaban J connectivity index is 1.36. The molecule has 0 N–H and O–H groups in total. The molecule has 1 aliphatic heterocycles. The van der Waals surface area contributed by atoms with Crippen LogP contribution in [0.1, 0.15) is 11.1 Å². The van der Waals surface area contributed by atoms with Crippen LogP contribution in [0.5, 0.6) is 5.75 Å². The fourth-order valence-electron chi connectivity index (χ4n) is 3.56. The first kappa shape index (κ1) is 18.2. The monoisotopic (exact) mass is 380 g/mol. The molecule has 0 radical (unpaired) electrons. The third kappa shape index (κ3) is 3.49. The molecular formula is C20H24N6O2. The van der Waals surface area contributed by atoms with Gasteiger partial charge in [-0.2, -0.15) is 5.10 Å². The molecule has 0 aliphatic carbocycles. The first-order chi connectivity index (χ1) is 13.5. The van der Waals surface area contributed by atoms with Crippen LogP contribution in [0.2, 0.25) is 0 Å². The van der Waals surface area contributed by atoms with Crippen molar-refractivity contribution in [1.29, 1.82) is 0 Å². The van der Waals surface area contributed by atoms with Gasteiger partial charge in [-0.25, -0.2) is 9.97 Å². The molecule has 1 aliphatic rings. The number of ether oxygens (including phenoxy) is 1.